The number of rotatable bonds is 8. The number of anilines is 1. The van der Waals surface area contributed by atoms with E-state index in [1.807, 2.05) is 6.92 Å². The van der Waals surface area contributed by atoms with E-state index in [1.54, 1.807) is 37.6 Å². The Balaban J connectivity index is 1.58. The molecule has 176 valence electrons. The van der Waals surface area contributed by atoms with Gasteiger partial charge in [0, 0.05) is 18.5 Å². The maximum atomic E-state index is 13.6. The van der Waals surface area contributed by atoms with Crippen LogP contribution in [0.25, 0.3) is 11.3 Å². The minimum Gasteiger partial charge on any atom is -0.497 e. The van der Waals surface area contributed by atoms with Gasteiger partial charge in [0.15, 0.2) is 5.16 Å². The standard InChI is InChI=1S/C23H22FN5O4S/c1-4-19(21(30)25-17-9-8-16(32-2)13-18(17)33-3)34-23-27-26-20-22(31)28(10-11-29(20)23)15-7-5-6-14(24)12-15/h5-13,19H,4H2,1-3H3,(H,25,30). The summed E-state index contributed by atoms with van der Waals surface area (Å²) in [5.41, 5.74) is 0.509. The van der Waals surface area contributed by atoms with E-state index >= 15 is 0 Å². The summed E-state index contributed by atoms with van der Waals surface area (Å²) in [5.74, 6) is 0.376. The van der Waals surface area contributed by atoms with Crippen LogP contribution in [0.5, 0.6) is 11.5 Å². The molecule has 0 aliphatic heterocycles. The number of carbonyl (C=O) groups excluding carboxylic acids is 1. The van der Waals surface area contributed by atoms with Crippen LogP contribution in [-0.2, 0) is 4.79 Å². The molecule has 2 aromatic carbocycles. The highest BCUT2D eigenvalue weighted by Crippen LogP contribution is 2.31. The van der Waals surface area contributed by atoms with Crippen molar-refractivity contribution < 1.29 is 18.7 Å². The van der Waals surface area contributed by atoms with Crippen molar-refractivity contribution in [3.8, 4) is 17.2 Å². The molecule has 1 N–H and O–H groups in total. The van der Waals surface area contributed by atoms with Gasteiger partial charge in [-0.05, 0) is 36.8 Å². The number of hydrogen-bond donors (Lipinski definition) is 1. The zero-order chi connectivity index (χ0) is 24.2. The quantitative estimate of drug-likeness (QED) is 0.383. The Morgan fingerprint density at radius 2 is 1.97 bits per heavy atom. The Bertz CT molecular complexity index is 1400. The molecule has 2 aromatic heterocycles. The van der Waals surface area contributed by atoms with Gasteiger partial charge in [0.2, 0.25) is 11.6 Å². The number of thioether (sulfide) groups is 1. The van der Waals surface area contributed by atoms with Gasteiger partial charge in [0.05, 0.1) is 30.8 Å². The van der Waals surface area contributed by atoms with Crippen molar-refractivity contribution in [1.82, 2.24) is 19.2 Å². The van der Waals surface area contributed by atoms with Crippen LogP contribution in [0, 0.1) is 5.82 Å². The molecule has 1 unspecified atom stereocenters. The first-order valence-electron chi connectivity index (χ1n) is 10.4. The minimum atomic E-state index is -0.509. The first-order chi connectivity index (χ1) is 16.4. The van der Waals surface area contributed by atoms with Crippen molar-refractivity contribution in [2.24, 2.45) is 0 Å². The van der Waals surface area contributed by atoms with Crippen LogP contribution < -0.4 is 20.3 Å². The Hall–Kier alpha value is -3.86. The smallest absolute Gasteiger partial charge is 0.300 e. The van der Waals surface area contributed by atoms with Crippen molar-refractivity contribution in [3.63, 3.8) is 0 Å². The van der Waals surface area contributed by atoms with Gasteiger partial charge in [0.25, 0.3) is 0 Å². The molecule has 1 amide bonds. The third kappa shape index (κ3) is 4.60. The van der Waals surface area contributed by atoms with Crippen LogP contribution >= 0.6 is 11.8 Å². The molecule has 0 aliphatic carbocycles. The number of ether oxygens (including phenoxy) is 2. The second-order valence-corrected chi connectivity index (χ2v) is 8.37. The van der Waals surface area contributed by atoms with E-state index in [0.29, 0.717) is 34.5 Å². The molecule has 4 rings (SSSR count). The van der Waals surface area contributed by atoms with Crippen molar-refractivity contribution >= 4 is 29.0 Å². The van der Waals surface area contributed by atoms with E-state index < -0.39 is 16.6 Å². The van der Waals surface area contributed by atoms with Gasteiger partial charge in [-0.25, -0.2) is 4.39 Å². The van der Waals surface area contributed by atoms with Gasteiger partial charge in [-0.1, -0.05) is 24.8 Å². The summed E-state index contributed by atoms with van der Waals surface area (Å²) in [6.45, 7) is 1.88. The Morgan fingerprint density at radius 3 is 2.68 bits per heavy atom. The van der Waals surface area contributed by atoms with Crippen molar-refractivity contribution in [2.75, 3.05) is 19.5 Å². The summed E-state index contributed by atoms with van der Waals surface area (Å²) in [6.07, 6.45) is 3.63. The highest BCUT2D eigenvalue weighted by atomic mass is 32.2. The molecule has 0 saturated heterocycles. The van der Waals surface area contributed by atoms with Gasteiger partial charge < -0.3 is 14.8 Å². The number of nitrogens with zero attached hydrogens (tertiary/aromatic N) is 4. The molecule has 0 spiro atoms. The number of halogens is 1. The van der Waals surface area contributed by atoms with Crippen molar-refractivity contribution in [3.05, 3.63) is 71.0 Å². The second kappa shape index (κ2) is 9.96. The summed E-state index contributed by atoms with van der Waals surface area (Å²) >= 11 is 1.19. The lowest BCUT2D eigenvalue weighted by Crippen LogP contribution is -2.25. The zero-order valence-electron chi connectivity index (χ0n) is 18.7. The fourth-order valence-electron chi connectivity index (χ4n) is 3.34. The fourth-order valence-corrected chi connectivity index (χ4v) is 4.28. The minimum absolute atomic E-state index is 0.0707. The van der Waals surface area contributed by atoms with Gasteiger partial charge in [-0.15, -0.1) is 10.2 Å². The molecule has 34 heavy (non-hydrogen) atoms. The molecule has 4 aromatic rings. The van der Waals surface area contributed by atoms with Crippen LogP contribution in [-0.4, -0.2) is 44.5 Å². The molecule has 0 fully saturated rings. The summed E-state index contributed by atoms with van der Waals surface area (Å²) in [4.78, 5) is 25.9. The highest BCUT2D eigenvalue weighted by Gasteiger charge is 2.23. The van der Waals surface area contributed by atoms with E-state index in [2.05, 4.69) is 15.5 Å². The maximum absolute atomic E-state index is 13.6. The lowest BCUT2D eigenvalue weighted by molar-refractivity contribution is -0.115. The number of hydrogen-bond acceptors (Lipinski definition) is 7. The van der Waals surface area contributed by atoms with Gasteiger partial charge in [-0.3, -0.25) is 18.6 Å². The van der Waals surface area contributed by atoms with Crippen LogP contribution in [0.1, 0.15) is 13.3 Å². The molecule has 0 radical (unpaired) electrons. The normalized spacial score (nSPS) is 11.9. The average Bonchev–Trinajstić information content (AvgIpc) is 3.26. The third-order valence-corrected chi connectivity index (χ3v) is 6.42. The summed E-state index contributed by atoms with van der Waals surface area (Å²) in [6, 6.07) is 10.8. The van der Waals surface area contributed by atoms with Gasteiger partial charge in [0.1, 0.15) is 17.3 Å². The Kier molecular flexibility index (Phi) is 6.82. The predicted octanol–water partition coefficient (Wildman–Crippen LogP) is 3.55. The SMILES string of the molecule is CCC(Sc1nnc2c(=O)n(-c3cccc(F)c3)ccn12)C(=O)Nc1ccc(OC)cc1OC. The predicted molar refractivity (Wildman–Crippen MR) is 127 cm³/mol. The molecular formula is C23H22FN5O4S. The lowest BCUT2D eigenvalue weighted by atomic mass is 10.2. The van der Waals surface area contributed by atoms with E-state index in [-0.39, 0.29) is 11.6 Å². The third-order valence-electron chi connectivity index (χ3n) is 5.10. The molecule has 11 heteroatoms. The number of carbonyl (C=O) groups is 1. The van der Waals surface area contributed by atoms with Crippen LogP contribution in [0.15, 0.2) is 64.8 Å². The first-order valence-corrected chi connectivity index (χ1v) is 11.2. The average molecular weight is 484 g/mol. The van der Waals surface area contributed by atoms with Crippen LogP contribution in [0.3, 0.4) is 0 Å². The number of aromatic nitrogens is 4. The van der Waals surface area contributed by atoms with Crippen molar-refractivity contribution in [2.45, 2.75) is 23.8 Å². The van der Waals surface area contributed by atoms with Crippen LogP contribution in [0.4, 0.5) is 10.1 Å². The maximum Gasteiger partial charge on any atom is 0.300 e. The molecule has 0 bridgehead atoms. The summed E-state index contributed by atoms with van der Waals surface area (Å²) in [7, 11) is 3.06. The van der Waals surface area contributed by atoms with Crippen molar-refractivity contribution in [1.29, 1.82) is 0 Å². The van der Waals surface area contributed by atoms with Gasteiger partial charge in [-0.2, -0.15) is 0 Å². The molecule has 0 saturated carbocycles. The Labute approximate surface area is 198 Å². The van der Waals surface area contributed by atoms with E-state index in [9.17, 15) is 14.0 Å². The largest absolute Gasteiger partial charge is 0.497 e. The summed E-state index contributed by atoms with van der Waals surface area (Å²) < 4.78 is 26.9. The van der Waals surface area contributed by atoms with E-state index in [0.717, 1.165) is 0 Å². The van der Waals surface area contributed by atoms with E-state index in [1.165, 1.54) is 52.2 Å². The number of amides is 1. The number of fused-ring (bicyclic) bond motifs is 1. The van der Waals surface area contributed by atoms with E-state index in [4.69, 9.17) is 9.47 Å². The fraction of sp³-hybridized carbons (Fsp3) is 0.217. The topological polar surface area (TPSA) is 99.8 Å². The lowest BCUT2D eigenvalue weighted by Gasteiger charge is -2.16. The highest BCUT2D eigenvalue weighted by molar-refractivity contribution is 8.00. The molecule has 0 aliphatic rings. The zero-order valence-corrected chi connectivity index (χ0v) is 19.5. The molecular weight excluding hydrogens is 461 g/mol. The first kappa shape index (κ1) is 23.3. The number of benzene rings is 2. The van der Waals surface area contributed by atoms with Crippen LogP contribution in [0.2, 0.25) is 0 Å². The molecule has 2 heterocycles. The van der Waals surface area contributed by atoms with Gasteiger partial charge >= 0.3 is 5.56 Å². The summed E-state index contributed by atoms with van der Waals surface area (Å²) in [5, 5.41) is 10.9. The number of methoxy groups -OCH3 is 2. The molecule has 1 atom stereocenters. The molecule has 9 nitrogen and oxygen atoms in total. The number of nitrogens with one attached hydrogen (secondary N) is 1. The Morgan fingerprint density at radius 1 is 1.15 bits per heavy atom. The monoisotopic (exact) mass is 483 g/mol. The second-order valence-electron chi connectivity index (χ2n) is 7.20.